The Bertz CT molecular complexity index is 867. The Morgan fingerprint density at radius 1 is 1.10 bits per heavy atom. The van der Waals surface area contributed by atoms with Gasteiger partial charge in [0.05, 0.1) is 13.0 Å². The van der Waals surface area contributed by atoms with Crippen molar-refractivity contribution in [3.05, 3.63) is 65.7 Å². The van der Waals surface area contributed by atoms with Crippen LogP contribution in [0.1, 0.15) is 34.8 Å². The quantitative estimate of drug-likeness (QED) is 0.782. The second-order valence-electron chi connectivity index (χ2n) is 7.01. The van der Waals surface area contributed by atoms with Crippen molar-refractivity contribution in [2.24, 2.45) is 5.92 Å². The van der Waals surface area contributed by atoms with Crippen LogP contribution in [0.5, 0.6) is 5.75 Å². The molecule has 0 aliphatic carbocycles. The van der Waals surface area contributed by atoms with Gasteiger partial charge in [-0.3, -0.25) is 9.59 Å². The number of rotatable bonds is 6. The fourth-order valence-corrected chi connectivity index (χ4v) is 3.48. The largest absolute Gasteiger partial charge is 0.497 e. The number of hydrogen-bond donors (Lipinski definition) is 2. The Kier molecular flexibility index (Phi) is 6.49. The first-order valence-electron chi connectivity index (χ1n) is 9.51. The van der Waals surface area contributed by atoms with Crippen molar-refractivity contribution in [1.29, 1.82) is 0 Å². The number of benzene rings is 2. The van der Waals surface area contributed by atoms with Crippen molar-refractivity contribution in [1.82, 2.24) is 10.2 Å². The maximum absolute atomic E-state index is 12.8. The van der Waals surface area contributed by atoms with E-state index in [9.17, 15) is 19.5 Å². The van der Waals surface area contributed by atoms with Gasteiger partial charge in [-0.15, -0.1) is 0 Å². The lowest BCUT2D eigenvalue weighted by molar-refractivity contribution is -0.143. The molecular formula is C22H24N2O5. The van der Waals surface area contributed by atoms with E-state index in [0.717, 1.165) is 0 Å². The number of carbonyl (C=O) groups excluding carboxylic acids is 2. The third kappa shape index (κ3) is 4.93. The summed E-state index contributed by atoms with van der Waals surface area (Å²) in [5.41, 5.74) is 1.04. The molecule has 2 N–H and O–H groups in total. The summed E-state index contributed by atoms with van der Waals surface area (Å²) in [5, 5.41) is 12.2. The molecule has 7 heteroatoms. The Balaban J connectivity index is 1.67. The van der Waals surface area contributed by atoms with Crippen LogP contribution < -0.4 is 10.1 Å². The highest BCUT2D eigenvalue weighted by atomic mass is 16.5. The number of piperidine rings is 1. The summed E-state index contributed by atoms with van der Waals surface area (Å²) in [6.07, 6.45) is 1.30. The van der Waals surface area contributed by atoms with Crippen LogP contribution in [0.15, 0.2) is 54.6 Å². The van der Waals surface area contributed by atoms with E-state index in [0.29, 0.717) is 36.3 Å². The third-order valence-corrected chi connectivity index (χ3v) is 5.08. The summed E-state index contributed by atoms with van der Waals surface area (Å²) in [4.78, 5) is 38.8. The molecule has 0 aromatic heterocycles. The van der Waals surface area contributed by atoms with Gasteiger partial charge in [0.2, 0.25) is 5.91 Å². The molecule has 0 radical (unpaired) electrons. The van der Waals surface area contributed by atoms with Crippen LogP contribution in [0.2, 0.25) is 0 Å². The van der Waals surface area contributed by atoms with E-state index < -0.39 is 17.9 Å². The average molecular weight is 396 g/mol. The predicted molar refractivity (Wildman–Crippen MR) is 107 cm³/mol. The van der Waals surface area contributed by atoms with Gasteiger partial charge < -0.3 is 20.1 Å². The second kappa shape index (κ2) is 9.23. The van der Waals surface area contributed by atoms with Gasteiger partial charge in [-0.2, -0.15) is 0 Å². The van der Waals surface area contributed by atoms with Gasteiger partial charge in [-0.25, -0.2) is 4.79 Å². The number of nitrogens with zero attached hydrogens (tertiary/aromatic N) is 1. The van der Waals surface area contributed by atoms with Gasteiger partial charge in [-0.05, 0) is 42.7 Å². The van der Waals surface area contributed by atoms with Gasteiger partial charge >= 0.3 is 5.97 Å². The Morgan fingerprint density at radius 2 is 1.79 bits per heavy atom. The molecule has 152 valence electrons. The Hall–Kier alpha value is -3.35. The first kappa shape index (κ1) is 20.4. The molecule has 29 heavy (non-hydrogen) atoms. The number of carbonyl (C=O) groups is 3. The molecule has 1 aliphatic rings. The van der Waals surface area contributed by atoms with Crippen molar-refractivity contribution >= 4 is 17.8 Å². The molecule has 1 saturated heterocycles. The second-order valence-corrected chi connectivity index (χ2v) is 7.01. The monoisotopic (exact) mass is 396 g/mol. The average Bonchev–Trinajstić information content (AvgIpc) is 2.77. The van der Waals surface area contributed by atoms with Gasteiger partial charge in [0.1, 0.15) is 5.75 Å². The van der Waals surface area contributed by atoms with Crippen LogP contribution in [0.3, 0.4) is 0 Å². The molecule has 2 aromatic rings. The molecule has 2 atom stereocenters. The van der Waals surface area contributed by atoms with Gasteiger partial charge in [0, 0.05) is 18.7 Å². The van der Waals surface area contributed by atoms with E-state index in [-0.39, 0.29) is 18.4 Å². The molecular weight excluding hydrogens is 372 g/mol. The number of amides is 2. The van der Waals surface area contributed by atoms with Crippen molar-refractivity contribution < 1.29 is 24.2 Å². The first-order valence-corrected chi connectivity index (χ1v) is 9.51. The summed E-state index contributed by atoms with van der Waals surface area (Å²) >= 11 is 0. The van der Waals surface area contributed by atoms with Crippen molar-refractivity contribution in [2.45, 2.75) is 18.9 Å². The summed E-state index contributed by atoms with van der Waals surface area (Å²) in [6.45, 7) is 0.854. The van der Waals surface area contributed by atoms with E-state index >= 15 is 0 Å². The minimum Gasteiger partial charge on any atom is -0.497 e. The van der Waals surface area contributed by atoms with E-state index in [2.05, 4.69) is 5.32 Å². The summed E-state index contributed by atoms with van der Waals surface area (Å²) in [5.74, 6) is -1.47. The van der Waals surface area contributed by atoms with Gasteiger partial charge in [0.25, 0.3) is 5.91 Å². The van der Waals surface area contributed by atoms with Gasteiger partial charge in [0.15, 0.2) is 6.04 Å². The van der Waals surface area contributed by atoms with Crippen molar-refractivity contribution in [3.8, 4) is 5.75 Å². The molecule has 1 fully saturated rings. The van der Waals surface area contributed by atoms with Crippen LogP contribution in [-0.4, -0.2) is 48.0 Å². The van der Waals surface area contributed by atoms with E-state index in [1.807, 2.05) is 6.07 Å². The van der Waals surface area contributed by atoms with Crippen LogP contribution >= 0.6 is 0 Å². The number of ether oxygens (including phenoxy) is 1. The molecule has 0 saturated carbocycles. The van der Waals surface area contributed by atoms with Crippen LogP contribution in [0.4, 0.5) is 0 Å². The molecule has 0 spiro atoms. The van der Waals surface area contributed by atoms with Gasteiger partial charge in [-0.1, -0.05) is 30.3 Å². The number of carboxylic acid groups (broad SMARTS) is 1. The summed E-state index contributed by atoms with van der Waals surface area (Å²) < 4.78 is 5.08. The number of hydrogen-bond acceptors (Lipinski definition) is 4. The standard InChI is InChI=1S/C22H24N2O5/c1-29-18-11-9-15(10-12-18)19(22(27)28)23-20(25)17-8-5-13-24(14-17)21(26)16-6-3-2-4-7-16/h2-4,6-7,9-12,17,19H,5,8,13-14H2,1H3,(H,23,25)(H,27,28). The van der Waals surface area contributed by atoms with Crippen LogP contribution in [0, 0.1) is 5.92 Å². The van der Waals surface area contributed by atoms with Crippen LogP contribution in [0.25, 0.3) is 0 Å². The van der Waals surface area contributed by atoms with E-state index in [4.69, 9.17) is 4.74 Å². The normalized spacial score (nSPS) is 17.3. The number of methoxy groups -OCH3 is 1. The lowest BCUT2D eigenvalue weighted by Gasteiger charge is -2.32. The highest BCUT2D eigenvalue weighted by Crippen LogP contribution is 2.22. The minimum absolute atomic E-state index is 0.118. The van der Waals surface area contributed by atoms with Crippen molar-refractivity contribution in [2.75, 3.05) is 20.2 Å². The molecule has 2 unspecified atom stereocenters. The summed E-state index contributed by atoms with van der Waals surface area (Å²) in [6, 6.07) is 14.3. The topological polar surface area (TPSA) is 95.9 Å². The Morgan fingerprint density at radius 3 is 2.41 bits per heavy atom. The van der Waals surface area contributed by atoms with E-state index in [1.54, 1.807) is 53.4 Å². The Labute approximate surface area is 169 Å². The first-order chi connectivity index (χ1) is 14.0. The predicted octanol–water partition coefficient (Wildman–Crippen LogP) is 2.49. The smallest absolute Gasteiger partial charge is 0.330 e. The molecule has 0 bridgehead atoms. The lowest BCUT2D eigenvalue weighted by Crippen LogP contribution is -2.47. The highest BCUT2D eigenvalue weighted by molar-refractivity contribution is 5.95. The fourth-order valence-electron chi connectivity index (χ4n) is 3.48. The molecule has 1 heterocycles. The minimum atomic E-state index is -1.16. The highest BCUT2D eigenvalue weighted by Gasteiger charge is 2.31. The zero-order chi connectivity index (χ0) is 20.8. The number of nitrogens with one attached hydrogen (secondary N) is 1. The van der Waals surface area contributed by atoms with E-state index in [1.165, 1.54) is 7.11 Å². The number of aliphatic carboxylic acids is 1. The fraction of sp³-hybridized carbons (Fsp3) is 0.318. The molecule has 2 aromatic carbocycles. The lowest BCUT2D eigenvalue weighted by atomic mass is 9.95. The molecule has 7 nitrogen and oxygen atoms in total. The maximum atomic E-state index is 12.8. The van der Waals surface area contributed by atoms with Crippen LogP contribution in [-0.2, 0) is 9.59 Å². The third-order valence-electron chi connectivity index (χ3n) is 5.08. The molecule has 1 aliphatic heterocycles. The zero-order valence-corrected chi connectivity index (χ0v) is 16.2. The SMILES string of the molecule is COc1ccc(C(NC(=O)C2CCCN(C(=O)c3ccccc3)C2)C(=O)O)cc1. The number of carboxylic acids is 1. The molecule has 2 amide bonds. The van der Waals surface area contributed by atoms with Crippen molar-refractivity contribution in [3.63, 3.8) is 0 Å². The number of likely N-dealkylation sites (tertiary alicyclic amines) is 1. The molecule has 3 rings (SSSR count). The maximum Gasteiger partial charge on any atom is 0.330 e. The summed E-state index contributed by atoms with van der Waals surface area (Å²) in [7, 11) is 1.52. The zero-order valence-electron chi connectivity index (χ0n) is 16.2.